The molecular formula is C16H22ClNO3Si. The first kappa shape index (κ1) is 18.7. The first-order valence-corrected chi connectivity index (χ1v) is 10.2. The summed E-state index contributed by atoms with van der Waals surface area (Å²) in [4.78, 5) is 15.4. The molecule has 0 spiro atoms. The van der Waals surface area contributed by atoms with Crippen LogP contribution in [0.4, 0.5) is 0 Å². The largest absolute Gasteiger partial charge is 0.465 e. The lowest BCUT2D eigenvalue weighted by Gasteiger charge is -2.35. The van der Waals surface area contributed by atoms with Crippen molar-refractivity contribution in [2.45, 2.75) is 38.9 Å². The van der Waals surface area contributed by atoms with Gasteiger partial charge in [0.2, 0.25) is 0 Å². The van der Waals surface area contributed by atoms with Crippen LogP contribution < -0.4 is 0 Å². The van der Waals surface area contributed by atoms with Crippen molar-refractivity contribution in [2.24, 2.45) is 0 Å². The zero-order valence-corrected chi connectivity index (χ0v) is 15.7. The maximum atomic E-state index is 11.5. The number of nitrogens with zero attached hydrogens (tertiary/aromatic N) is 1. The molecular weight excluding hydrogens is 318 g/mol. The topological polar surface area (TPSA) is 48.4 Å². The van der Waals surface area contributed by atoms with Gasteiger partial charge in [0.15, 0.2) is 8.32 Å². The Kier molecular flexibility index (Phi) is 6.18. The van der Waals surface area contributed by atoms with E-state index in [-0.39, 0.29) is 10.2 Å². The Morgan fingerprint density at radius 2 is 2.05 bits per heavy atom. The molecule has 0 aromatic carbocycles. The second-order valence-electron chi connectivity index (χ2n) is 6.40. The number of aromatic nitrogens is 1. The molecule has 4 nitrogen and oxygen atoms in total. The summed E-state index contributed by atoms with van der Waals surface area (Å²) in [6.07, 6.45) is 1.37. The number of hydrogen-bond acceptors (Lipinski definition) is 4. The summed E-state index contributed by atoms with van der Waals surface area (Å²) in [5.41, 5.74) is 0.810. The number of methoxy groups -OCH3 is 1. The highest BCUT2D eigenvalue weighted by Gasteiger charge is 2.36. The maximum Gasteiger partial charge on any atom is 0.339 e. The van der Waals surface area contributed by atoms with Gasteiger partial charge in [0.05, 0.1) is 24.8 Å². The molecule has 0 amide bonds. The molecule has 0 N–H and O–H groups in total. The molecule has 0 radical (unpaired) electrons. The van der Waals surface area contributed by atoms with Crippen LogP contribution in [0.1, 0.15) is 36.7 Å². The van der Waals surface area contributed by atoms with Crippen LogP contribution >= 0.6 is 11.6 Å². The minimum absolute atomic E-state index is 0.138. The predicted octanol–water partition coefficient (Wildman–Crippen LogP) is 3.89. The third-order valence-corrected chi connectivity index (χ3v) is 8.57. The Hall–Kier alpha value is -1.35. The average molecular weight is 340 g/mol. The first-order valence-electron chi connectivity index (χ1n) is 6.95. The number of hydrogen-bond donors (Lipinski definition) is 0. The van der Waals surface area contributed by atoms with Gasteiger partial charge in [-0.3, -0.25) is 0 Å². The first-order chi connectivity index (χ1) is 10.1. The fraction of sp³-hybridized carbons (Fsp3) is 0.500. The molecule has 1 heterocycles. The Labute approximate surface area is 138 Å². The van der Waals surface area contributed by atoms with E-state index in [9.17, 15) is 4.79 Å². The summed E-state index contributed by atoms with van der Waals surface area (Å²) in [5.74, 6) is 5.37. The van der Waals surface area contributed by atoms with Gasteiger partial charge in [-0.25, -0.2) is 9.78 Å². The molecule has 1 rings (SSSR count). The van der Waals surface area contributed by atoms with Crippen LogP contribution in [0.5, 0.6) is 0 Å². The van der Waals surface area contributed by atoms with Gasteiger partial charge < -0.3 is 9.16 Å². The van der Waals surface area contributed by atoms with Crippen LogP contribution in [0.2, 0.25) is 23.3 Å². The molecule has 0 saturated carbocycles. The van der Waals surface area contributed by atoms with Gasteiger partial charge in [-0.15, -0.1) is 0 Å². The quantitative estimate of drug-likeness (QED) is 0.363. The summed E-state index contributed by atoms with van der Waals surface area (Å²) in [5, 5.41) is 0.395. The summed E-state index contributed by atoms with van der Waals surface area (Å²) >= 11 is 5.99. The van der Waals surface area contributed by atoms with E-state index in [1.54, 1.807) is 6.07 Å². The molecule has 0 fully saturated rings. The van der Waals surface area contributed by atoms with Crippen molar-refractivity contribution in [2.75, 3.05) is 13.7 Å². The van der Waals surface area contributed by atoms with Gasteiger partial charge in [0.1, 0.15) is 5.15 Å². The Balaban J connectivity index is 2.83. The van der Waals surface area contributed by atoms with E-state index in [4.69, 9.17) is 16.0 Å². The van der Waals surface area contributed by atoms with Gasteiger partial charge in [-0.1, -0.05) is 44.2 Å². The van der Waals surface area contributed by atoms with Crippen molar-refractivity contribution in [3.8, 4) is 11.8 Å². The van der Waals surface area contributed by atoms with E-state index in [1.807, 2.05) is 0 Å². The van der Waals surface area contributed by atoms with Crippen LogP contribution in [-0.2, 0) is 9.16 Å². The smallest absolute Gasteiger partial charge is 0.339 e. The number of carbonyl (C=O) groups is 1. The summed E-state index contributed by atoms with van der Waals surface area (Å²) < 4.78 is 10.6. The highest BCUT2D eigenvalue weighted by Crippen LogP contribution is 2.36. The molecule has 1 aromatic rings. The highest BCUT2D eigenvalue weighted by atomic mass is 35.5. The molecule has 0 aliphatic carbocycles. The molecule has 0 aliphatic heterocycles. The van der Waals surface area contributed by atoms with Crippen molar-refractivity contribution in [3.63, 3.8) is 0 Å². The molecule has 0 saturated heterocycles. The standard InChI is InChI=1S/C16H22ClNO3Si/c1-16(2,3)22(5,6)21-9-7-8-12-10-13(15(19)20-4)11-18-14(12)17/h10-11H,9H2,1-6H3. The molecule has 0 bridgehead atoms. The molecule has 120 valence electrons. The van der Waals surface area contributed by atoms with Gasteiger partial charge in [-0.05, 0) is 24.2 Å². The summed E-state index contributed by atoms with van der Waals surface area (Å²) in [6, 6.07) is 1.57. The monoisotopic (exact) mass is 339 g/mol. The molecule has 0 unspecified atom stereocenters. The van der Waals surface area contributed by atoms with Crippen LogP contribution in [0.25, 0.3) is 0 Å². The van der Waals surface area contributed by atoms with Crippen LogP contribution in [-0.4, -0.2) is 33.0 Å². The van der Waals surface area contributed by atoms with Crippen LogP contribution in [0, 0.1) is 11.8 Å². The summed E-state index contributed by atoms with van der Waals surface area (Å²) in [6.45, 7) is 11.2. The second kappa shape index (κ2) is 7.27. The van der Waals surface area contributed by atoms with E-state index in [2.05, 4.69) is 55.4 Å². The maximum absolute atomic E-state index is 11.5. The van der Waals surface area contributed by atoms with E-state index in [0.29, 0.717) is 17.7 Å². The SMILES string of the molecule is COC(=O)c1cnc(Cl)c(C#CCO[Si](C)(C)C(C)(C)C)c1. The van der Waals surface area contributed by atoms with Crippen molar-refractivity contribution < 1.29 is 14.0 Å². The lowest BCUT2D eigenvalue weighted by atomic mass is 10.2. The van der Waals surface area contributed by atoms with Crippen molar-refractivity contribution in [3.05, 3.63) is 28.5 Å². The minimum atomic E-state index is -1.82. The lowest BCUT2D eigenvalue weighted by Crippen LogP contribution is -2.40. The highest BCUT2D eigenvalue weighted by molar-refractivity contribution is 6.74. The Morgan fingerprint density at radius 1 is 1.41 bits per heavy atom. The molecule has 1 aromatic heterocycles. The number of pyridine rings is 1. The van der Waals surface area contributed by atoms with Gasteiger partial charge >= 0.3 is 5.97 Å². The number of ether oxygens (including phenoxy) is 1. The van der Waals surface area contributed by atoms with E-state index >= 15 is 0 Å². The molecule has 0 aliphatic rings. The Morgan fingerprint density at radius 3 is 2.59 bits per heavy atom. The molecule has 0 atom stereocenters. The second-order valence-corrected chi connectivity index (χ2v) is 11.6. The van der Waals surface area contributed by atoms with Gasteiger partial charge in [0.25, 0.3) is 0 Å². The zero-order valence-electron chi connectivity index (χ0n) is 13.9. The lowest BCUT2D eigenvalue weighted by molar-refractivity contribution is 0.0600. The van der Waals surface area contributed by atoms with E-state index < -0.39 is 14.3 Å². The van der Waals surface area contributed by atoms with Crippen molar-refractivity contribution in [1.29, 1.82) is 0 Å². The van der Waals surface area contributed by atoms with E-state index in [0.717, 1.165) is 0 Å². The third kappa shape index (κ3) is 4.84. The van der Waals surface area contributed by atoms with Gasteiger partial charge in [0, 0.05) is 6.20 Å². The average Bonchev–Trinajstić information content (AvgIpc) is 2.43. The van der Waals surface area contributed by atoms with Gasteiger partial charge in [-0.2, -0.15) is 0 Å². The molecule has 6 heteroatoms. The number of esters is 1. The fourth-order valence-electron chi connectivity index (χ4n) is 1.33. The van der Waals surface area contributed by atoms with Crippen LogP contribution in [0.3, 0.4) is 0 Å². The van der Waals surface area contributed by atoms with Crippen molar-refractivity contribution in [1.82, 2.24) is 4.98 Å². The predicted molar refractivity (Wildman–Crippen MR) is 90.6 cm³/mol. The van der Waals surface area contributed by atoms with E-state index in [1.165, 1.54) is 13.3 Å². The number of carbonyl (C=O) groups excluding carboxylic acids is 1. The number of rotatable bonds is 3. The fourth-order valence-corrected chi connectivity index (χ4v) is 2.35. The minimum Gasteiger partial charge on any atom is -0.465 e. The van der Waals surface area contributed by atoms with Crippen LogP contribution in [0.15, 0.2) is 12.3 Å². The normalized spacial score (nSPS) is 11.6. The summed E-state index contributed by atoms with van der Waals surface area (Å²) in [7, 11) is -0.502. The van der Waals surface area contributed by atoms with Crippen molar-refractivity contribution >= 4 is 25.9 Å². The zero-order chi connectivity index (χ0) is 17.0. The third-order valence-electron chi connectivity index (χ3n) is 3.79. The molecule has 22 heavy (non-hydrogen) atoms. The number of halogens is 1. The Bertz CT molecular complexity index is 612.